The minimum absolute atomic E-state index is 0.0140. The van der Waals surface area contributed by atoms with Gasteiger partial charge in [0.05, 0.1) is 0 Å². The van der Waals surface area contributed by atoms with E-state index in [4.69, 9.17) is 20.0 Å². The summed E-state index contributed by atoms with van der Waals surface area (Å²) in [7, 11) is 0. The molecule has 12 heterocycles. The third kappa shape index (κ3) is 9.99. The van der Waals surface area contributed by atoms with Gasteiger partial charge < -0.3 is 0 Å². The predicted molar refractivity (Wildman–Crippen MR) is 333 cm³/mol. The van der Waals surface area contributed by atoms with Crippen molar-refractivity contribution in [1.82, 2.24) is 14.3 Å². The van der Waals surface area contributed by atoms with Gasteiger partial charge in [-0.05, 0) is 0 Å². The maximum absolute atomic E-state index is 11.8. The molecular weight excluding hydrogens is 1170 g/mol. The SMILES string of the molecule is C=CC1=C(C)C2=NC/1=C\c1c(C)c(C=C)c3[n]1[Fe][n]1/c(c(C)c(CCC(=O)O)/c1=C/C1=NC(=C\3)/C(C)=C1CCC(=O)O)=C\2.C=CC1=C(C)C2=NC/1=C\c1c(C)c(C=C)c3[n]1[Fe][n]1/c(c(C)c(CCC(=O)O)/c1=C/C1=NC(=C\3)/C(C)=C1CCC(=O)O)=C\2. The van der Waals surface area contributed by atoms with E-state index in [0.29, 0.717) is 67.9 Å². The monoisotopic (exact) mass is 1230 g/mol. The molecule has 0 unspecified atom stereocenters. The molecule has 8 aliphatic rings. The normalized spacial score (nSPS) is 20.7. The second-order valence-corrected chi connectivity index (χ2v) is 24.4. The average molecular weight is 1230 g/mol. The zero-order chi connectivity index (χ0) is 61.5. The van der Waals surface area contributed by atoms with Crippen LogP contribution in [0.1, 0.15) is 134 Å². The first kappa shape index (κ1) is 58.8. The van der Waals surface area contributed by atoms with Gasteiger partial charge in [-0.15, -0.1) is 0 Å². The Morgan fingerprint density at radius 3 is 1.06 bits per heavy atom. The molecule has 0 aromatic carbocycles. The molecule has 16 nitrogen and oxygen atoms in total. The number of aliphatic carboxylic acids is 4. The Hall–Kier alpha value is -8.92. The molecule has 8 aliphatic heterocycles. The zero-order valence-corrected chi connectivity index (χ0v) is 51.3. The van der Waals surface area contributed by atoms with Gasteiger partial charge in [0, 0.05) is 0 Å². The van der Waals surface area contributed by atoms with Crippen molar-refractivity contribution in [2.75, 3.05) is 0 Å². The number of aliphatic imine (C=N–C) groups is 4. The number of hydrogen-bond donors (Lipinski definition) is 4. The molecule has 4 aromatic heterocycles. The van der Waals surface area contributed by atoms with E-state index >= 15 is 0 Å². The van der Waals surface area contributed by atoms with E-state index in [1.54, 1.807) is 0 Å². The van der Waals surface area contributed by atoms with Gasteiger partial charge in [-0.25, -0.2) is 0 Å². The topological polar surface area (TPSA) is 218 Å². The molecule has 18 heteroatoms. The second-order valence-electron chi connectivity index (χ2n) is 21.9. The quantitative estimate of drug-likeness (QED) is 0.0790. The van der Waals surface area contributed by atoms with Crippen molar-refractivity contribution in [2.24, 2.45) is 20.0 Å². The molecule has 440 valence electrons. The summed E-state index contributed by atoms with van der Waals surface area (Å²) in [4.78, 5) is 66.9. The van der Waals surface area contributed by atoms with E-state index in [1.165, 1.54) is 0 Å². The number of carboxylic acid groups (broad SMARTS) is 4. The Morgan fingerprint density at radius 1 is 0.395 bits per heavy atom. The minimum atomic E-state index is -0.868. The summed E-state index contributed by atoms with van der Waals surface area (Å²) in [5.74, 6) is -3.47. The Kier molecular flexibility index (Phi) is 15.6. The van der Waals surface area contributed by atoms with Crippen LogP contribution < -0.4 is 21.4 Å². The molecule has 0 saturated carbocycles. The maximum atomic E-state index is 11.8. The van der Waals surface area contributed by atoms with Gasteiger partial charge in [0.25, 0.3) is 0 Å². The van der Waals surface area contributed by atoms with Crippen LogP contribution in [0.4, 0.5) is 0 Å². The fourth-order valence-corrected chi connectivity index (χ4v) is 15.5. The van der Waals surface area contributed by atoms with Crippen molar-refractivity contribution in [3.05, 3.63) is 195 Å². The van der Waals surface area contributed by atoms with Gasteiger partial charge in [-0.3, -0.25) is 0 Å². The summed E-state index contributed by atoms with van der Waals surface area (Å²) in [5.41, 5.74) is 25.7. The molecule has 4 N–H and O–H groups in total. The van der Waals surface area contributed by atoms with Crippen molar-refractivity contribution >= 4 is 107 Å². The molecule has 0 spiro atoms. The van der Waals surface area contributed by atoms with Crippen LogP contribution in [-0.4, -0.2) is 81.5 Å². The van der Waals surface area contributed by atoms with E-state index in [-0.39, 0.29) is 25.7 Å². The van der Waals surface area contributed by atoms with E-state index in [1.807, 2.05) is 78.0 Å². The molecule has 12 rings (SSSR count). The van der Waals surface area contributed by atoms with Crippen LogP contribution in [0.25, 0.3) is 60.8 Å². The zero-order valence-electron chi connectivity index (χ0n) is 49.1. The van der Waals surface area contributed by atoms with Gasteiger partial charge in [0.2, 0.25) is 0 Å². The Balaban J connectivity index is 0.000000179. The fraction of sp³-hybridized carbons (Fsp3) is 0.235. The van der Waals surface area contributed by atoms with E-state index < -0.39 is 23.9 Å². The van der Waals surface area contributed by atoms with Gasteiger partial charge in [0.15, 0.2) is 0 Å². The van der Waals surface area contributed by atoms with Crippen LogP contribution in [0, 0.1) is 27.7 Å². The molecule has 0 amide bonds. The van der Waals surface area contributed by atoms with E-state index in [9.17, 15) is 39.6 Å². The van der Waals surface area contributed by atoms with Crippen molar-refractivity contribution in [3.8, 4) is 0 Å². The van der Waals surface area contributed by atoms with Crippen LogP contribution in [0.15, 0.2) is 126 Å². The third-order valence-corrected chi connectivity index (χ3v) is 20.1. The molecule has 0 saturated heterocycles. The fourth-order valence-electron chi connectivity index (χ4n) is 12.3. The molecule has 0 fully saturated rings. The number of carboxylic acids is 4. The molecule has 0 aliphatic carbocycles. The van der Waals surface area contributed by atoms with Crippen LogP contribution in [0.5, 0.6) is 0 Å². The van der Waals surface area contributed by atoms with Crippen molar-refractivity contribution in [3.63, 3.8) is 0 Å². The number of aromatic nitrogens is 4. The van der Waals surface area contributed by atoms with Crippen LogP contribution in [0.3, 0.4) is 0 Å². The second kappa shape index (κ2) is 22.8. The van der Waals surface area contributed by atoms with Crippen LogP contribution in [-0.2, 0) is 62.8 Å². The summed E-state index contributed by atoms with van der Waals surface area (Å²) < 4.78 is 8.94. The van der Waals surface area contributed by atoms with Crippen LogP contribution >= 0.6 is 0 Å². The number of rotatable bonds is 16. The van der Waals surface area contributed by atoms with Gasteiger partial charge >= 0.3 is 513 Å². The Labute approximate surface area is 510 Å². The first-order valence-electron chi connectivity index (χ1n) is 28.2. The van der Waals surface area contributed by atoms with Crippen molar-refractivity contribution in [1.29, 1.82) is 0 Å². The summed E-state index contributed by atoms with van der Waals surface area (Å²) in [6, 6.07) is 0. The number of carbonyl (C=O) groups is 4. The standard InChI is InChI=1S/2C34H34N4O4.2Fe/c2*1-7-21-17(3)25-13-26-19(5)23(9-11-33(39)40)31(37-26)16-32-24(10-12-34(41)42)20(6)28(38-32)15-30-22(8-2)18(4)27(36-30)14-29(21)35-25;;/h2*7-8,13-16H,1-2,9-12H2,3-6H3,(H4,35,36,37,38,39,40,41,42);;/q;;2*+2/p-4/b2*25-13?,26-13-,27-14?,28-15-,29-14-,30-15?,31-16-,32-16?;;. The predicted octanol–water partition coefficient (Wildman–Crippen LogP) is 9.48. The molecular formula is C68H64Fe2N8O8. The molecule has 86 heavy (non-hydrogen) atoms. The molecule has 12 bridgehead atoms. The van der Waals surface area contributed by atoms with Crippen LogP contribution in [0.2, 0.25) is 0 Å². The van der Waals surface area contributed by atoms with Gasteiger partial charge in [0.1, 0.15) is 0 Å². The third-order valence-electron chi connectivity index (χ3n) is 17.1. The summed E-state index contributed by atoms with van der Waals surface area (Å²) in [5, 5.41) is 41.9. The number of allylic oxidation sites excluding steroid dienone is 8. The number of fused-ring (bicyclic) bond motifs is 4. The van der Waals surface area contributed by atoms with Crippen molar-refractivity contribution in [2.45, 2.75) is 107 Å². The number of nitrogens with zero attached hydrogens (tertiary/aromatic N) is 8. The first-order chi connectivity index (χ1) is 41.1. The van der Waals surface area contributed by atoms with Gasteiger partial charge in [-0.2, -0.15) is 0 Å². The summed E-state index contributed by atoms with van der Waals surface area (Å²) in [6.45, 7) is 32.8. The Bertz CT molecular complexity index is 4330. The number of hydrogen-bond acceptors (Lipinski definition) is 8. The molecule has 0 atom stereocenters. The summed E-state index contributed by atoms with van der Waals surface area (Å²) in [6.07, 6.45) is 25.3. The summed E-state index contributed by atoms with van der Waals surface area (Å²) >= 11 is 0.927. The van der Waals surface area contributed by atoms with E-state index in [0.717, 1.165) is 167 Å². The Morgan fingerprint density at radius 2 is 0.721 bits per heavy atom. The average Bonchev–Trinajstić information content (AvgIpc) is 1.75. The molecule has 0 radical (unpaired) electrons. The first-order valence-corrected chi connectivity index (χ1v) is 30.1. The van der Waals surface area contributed by atoms with Gasteiger partial charge in [-0.1, -0.05) is 0 Å². The van der Waals surface area contributed by atoms with E-state index in [2.05, 4.69) is 91.0 Å². The van der Waals surface area contributed by atoms with Crippen molar-refractivity contribution < 1.29 is 70.4 Å². The molecule has 4 aromatic rings.